The number of hydrogen-bond donors (Lipinski definition) is 2. The molecular formula is C18H31F3IN5OS. The standard InChI is InChI=1S/C18H30F3N5OS.HI/c1-5-22-16(26-10-11-28-14(12-26)13(2)3)24-7-6-17(27,18(19,20)21)15-23-8-9-25(15)4;/h8-9,13-14,27H,5-7,10-12H2,1-4H3,(H,22,24);1H. The van der Waals surface area contributed by atoms with E-state index in [2.05, 4.69) is 34.0 Å². The molecule has 2 rings (SSSR count). The Morgan fingerprint density at radius 2 is 2.14 bits per heavy atom. The smallest absolute Gasteiger partial charge is 0.374 e. The fourth-order valence-corrected chi connectivity index (χ4v) is 4.46. The summed E-state index contributed by atoms with van der Waals surface area (Å²) in [6.07, 6.45) is -2.80. The summed E-state index contributed by atoms with van der Waals surface area (Å²) in [5.41, 5.74) is -3.04. The zero-order valence-corrected chi connectivity index (χ0v) is 20.4. The van der Waals surface area contributed by atoms with Crippen molar-refractivity contribution in [2.24, 2.45) is 18.0 Å². The number of hydrogen-bond acceptors (Lipinski definition) is 4. The fraction of sp³-hybridized carbons (Fsp3) is 0.778. The highest BCUT2D eigenvalue weighted by atomic mass is 127. The Balaban J connectivity index is 0.00000420. The summed E-state index contributed by atoms with van der Waals surface area (Å²) in [5.74, 6) is 1.63. The van der Waals surface area contributed by atoms with Gasteiger partial charge in [0.25, 0.3) is 0 Å². The van der Waals surface area contributed by atoms with Gasteiger partial charge in [-0.2, -0.15) is 24.9 Å². The maximum atomic E-state index is 13.6. The Bertz CT molecular complexity index is 670. The molecule has 0 spiro atoms. The van der Waals surface area contributed by atoms with E-state index in [0.717, 1.165) is 18.8 Å². The van der Waals surface area contributed by atoms with Crippen molar-refractivity contribution in [1.29, 1.82) is 0 Å². The molecule has 1 aliphatic heterocycles. The first-order valence-electron chi connectivity index (χ1n) is 9.52. The van der Waals surface area contributed by atoms with Gasteiger partial charge in [-0.1, -0.05) is 13.8 Å². The summed E-state index contributed by atoms with van der Waals surface area (Å²) in [7, 11) is 1.43. The van der Waals surface area contributed by atoms with E-state index in [1.165, 1.54) is 24.0 Å². The number of halogens is 4. The molecule has 0 aromatic carbocycles. The van der Waals surface area contributed by atoms with Crippen LogP contribution in [0.3, 0.4) is 0 Å². The Morgan fingerprint density at radius 1 is 1.45 bits per heavy atom. The van der Waals surface area contributed by atoms with Crippen molar-refractivity contribution in [3.8, 4) is 0 Å². The van der Waals surface area contributed by atoms with Gasteiger partial charge in [0.05, 0.1) is 0 Å². The molecule has 0 amide bonds. The van der Waals surface area contributed by atoms with E-state index in [1.807, 2.05) is 18.7 Å². The number of nitrogens with zero attached hydrogens (tertiary/aromatic N) is 4. The van der Waals surface area contributed by atoms with Gasteiger partial charge in [-0.05, 0) is 12.8 Å². The van der Waals surface area contributed by atoms with Gasteiger partial charge in [0.2, 0.25) is 5.60 Å². The van der Waals surface area contributed by atoms with Crippen LogP contribution >= 0.6 is 35.7 Å². The van der Waals surface area contributed by atoms with E-state index >= 15 is 0 Å². The Morgan fingerprint density at radius 3 is 2.66 bits per heavy atom. The van der Waals surface area contributed by atoms with Gasteiger partial charge < -0.3 is 19.9 Å². The van der Waals surface area contributed by atoms with Crippen molar-refractivity contribution in [2.45, 2.75) is 44.2 Å². The summed E-state index contributed by atoms with van der Waals surface area (Å²) < 4.78 is 42.1. The van der Waals surface area contributed by atoms with Crippen molar-refractivity contribution in [2.75, 3.05) is 31.9 Å². The average molecular weight is 549 g/mol. The summed E-state index contributed by atoms with van der Waals surface area (Å²) in [6.45, 7) is 8.32. The highest BCUT2D eigenvalue weighted by Crippen LogP contribution is 2.40. The van der Waals surface area contributed by atoms with Crippen LogP contribution in [0, 0.1) is 5.92 Å². The topological polar surface area (TPSA) is 65.7 Å². The number of rotatable bonds is 6. The summed E-state index contributed by atoms with van der Waals surface area (Å²) >= 11 is 1.92. The lowest BCUT2D eigenvalue weighted by Gasteiger charge is -2.36. The zero-order valence-electron chi connectivity index (χ0n) is 17.2. The van der Waals surface area contributed by atoms with Gasteiger partial charge >= 0.3 is 6.18 Å². The van der Waals surface area contributed by atoms with Crippen molar-refractivity contribution in [1.82, 2.24) is 19.8 Å². The summed E-state index contributed by atoms with van der Waals surface area (Å²) in [4.78, 5) is 10.2. The van der Waals surface area contributed by atoms with Crippen LogP contribution in [0.15, 0.2) is 17.4 Å². The van der Waals surface area contributed by atoms with Gasteiger partial charge in [0, 0.05) is 63.0 Å². The number of alkyl halides is 3. The molecule has 0 radical (unpaired) electrons. The quantitative estimate of drug-likeness (QED) is 0.324. The van der Waals surface area contributed by atoms with Crippen molar-refractivity contribution >= 4 is 41.7 Å². The monoisotopic (exact) mass is 549 g/mol. The molecule has 1 aliphatic rings. The van der Waals surface area contributed by atoms with Crippen LogP contribution in [0.2, 0.25) is 0 Å². The van der Waals surface area contributed by atoms with E-state index in [-0.39, 0.29) is 30.5 Å². The van der Waals surface area contributed by atoms with Crippen molar-refractivity contribution in [3.05, 3.63) is 18.2 Å². The normalized spacial score (nSPS) is 20.4. The molecule has 2 N–H and O–H groups in total. The second kappa shape index (κ2) is 11.1. The van der Waals surface area contributed by atoms with Gasteiger partial charge in [-0.3, -0.25) is 4.99 Å². The zero-order chi connectivity index (χ0) is 20.9. The predicted octanol–water partition coefficient (Wildman–Crippen LogP) is 3.22. The molecule has 1 aromatic rings. The maximum Gasteiger partial charge on any atom is 0.424 e. The van der Waals surface area contributed by atoms with E-state index in [9.17, 15) is 18.3 Å². The molecule has 1 fully saturated rings. The minimum absolute atomic E-state index is 0. The second-order valence-corrected chi connectivity index (χ2v) is 8.65. The van der Waals surface area contributed by atoms with E-state index in [4.69, 9.17) is 0 Å². The number of aryl methyl sites for hydroxylation is 1. The minimum Gasteiger partial charge on any atom is -0.374 e. The molecule has 0 saturated carbocycles. The molecule has 6 nitrogen and oxygen atoms in total. The molecule has 29 heavy (non-hydrogen) atoms. The summed E-state index contributed by atoms with van der Waals surface area (Å²) in [5, 5.41) is 14.1. The Labute approximate surface area is 191 Å². The third kappa shape index (κ3) is 6.39. The van der Waals surface area contributed by atoms with E-state index < -0.39 is 24.0 Å². The first kappa shape index (κ1) is 26.3. The molecule has 0 aliphatic carbocycles. The molecular weight excluding hydrogens is 518 g/mol. The molecule has 2 atom stereocenters. The van der Waals surface area contributed by atoms with Crippen LogP contribution in [0.4, 0.5) is 13.2 Å². The molecule has 0 bridgehead atoms. The molecule has 11 heteroatoms. The summed E-state index contributed by atoms with van der Waals surface area (Å²) in [6, 6.07) is 0. The van der Waals surface area contributed by atoms with Crippen LogP contribution in [-0.4, -0.2) is 68.9 Å². The number of thioether (sulfide) groups is 1. The predicted molar refractivity (Wildman–Crippen MR) is 122 cm³/mol. The average Bonchev–Trinajstić information content (AvgIpc) is 3.06. The van der Waals surface area contributed by atoms with E-state index in [0.29, 0.717) is 23.7 Å². The molecule has 1 saturated heterocycles. The van der Waals surface area contributed by atoms with Crippen molar-refractivity contribution < 1.29 is 18.3 Å². The lowest BCUT2D eigenvalue weighted by atomic mass is 9.98. The van der Waals surface area contributed by atoms with Crippen LogP contribution in [0.25, 0.3) is 0 Å². The van der Waals surface area contributed by atoms with Crippen LogP contribution < -0.4 is 5.32 Å². The van der Waals surface area contributed by atoms with Gasteiger partial charge in [-0.15, -0.1) is 24.0 Å². The maximum absolute atomic E-state index is 13.6. The minimum atomic E-state index is -4.84. The van der Waals surface area contributed by atoms with Gasteiger partial charge in [0.15, 0.2) is 5.96 Å². The van der Waals surface area contributed by atoms with Crippen LogP contribution in [0.5, 0.6) is 0 Å². The number of aliphatic hydroxyl groups is 1. The molecule has 168 valence electrons. The Hall–Kier alpha value is -0.690. The number of imidazole rings is 1. The molecule has 1 aromatic heterocycles. The van der Waals surface area contributed by atoms with Crippen LogP contribution in [0.1, 0.15) is 33.0 Å². The first-order chi connectivity index (χ1) is 13.1. The number of aromatic nitrogens is 2. The second-order valence-electron chi connectivity index (χ2n) is 7.30. The molecule has 2 unspecified atom stereocenters. The van der Waals surface area contributed by atoms with Crippen molar-refractivity contribution in [3.63, 3.8) is 0 Å². The SMILES string of the molecule is CCNC(=NCCC(O)(c1nccn1C)C(F)(F)F)N1CCSC(C(C)C)C1.I. The number of aliphatic imine (C=N–C) groups is 1. The third-order valence-electron chi connectivity index (χ3n) is 4.87. The fourth-order valence-electron chi connectivity index (χ4n) is 3.16. The van der Waals surface area contributed by atoms with E-state index in [1.54, 1.807) is 0 Å². The lowest BCUT2D eigenvalue weighted by molar-refractivity contribution is -0.272. The largest absolute Gasteiger partial charge is 0.424 e. The highest BCUT2D eigenvalue weighted by Gasteiger charge is 2.57. The van der Waals surface area contributed by atoms with Gasteiger partial charge in [0.1, 0.15) is 5.82 Å². The third-order valence-corrected chi connectivity index (χ3v) is 6.41. The van der Waals surface area contributed by atoms with Gasteiger partial charge in [-0.25, -0.2) is 4.98 Å². The Kier molecular flexibility index (Phi) is 10.1. The number of nitrogens with one attached hydrogen (secondary N) is 1. The highest BCUT2D eigenvalue weighted by molar-refractivity contribution is 14.0. The molecule has 2 heterocycles. The van der Waals surface area contributed by atoms with Crippen LogP contribution in [-0.2, 0) is 12.6 Å². The number of guanidine groups is 1. The lowest BCUT2D eigenvalue weighted by Crippen LogP contribution is -2.49. The first-order valence-corrected chi connectivity index (χ1v) is 10.6.